The zero-order valence-corrected chi connectivity index (χ0v) is 15.7. The molecule has 2 heterocycles. The number of aliphatic hydroxyl groups excluding tert-OH is 1. The standard InChI is InChI=1S/C22H26N2O3/c1-26-20-8-6-17(7-9-20)22-14-18-4-2-3-5-21(18)24(22)16-19(25)15-23-10-12-27-13-11-23/h2-9,14,19,25H,10-13,15-16H2,1H3/p+1. The van der Waals surface area contributed by atoms with Crippen LogP contribution in [-0.2, 0) is 11.3 Å². The first-order valence-corrected chi connectivity index (χ1v) is 9.56. The lowest BCUT2D eigenvalue weighted by molar-refractivity contribution is -0.911. The first-order chi connectivity index (χ1) is 13.2. The van der Waals surface area contributed by atoms with Crippen LogP contribution in [0.25, 0.3) is 22.2 Å². The fraction of sp³-hybridized carbons (Fsp3) is 0.364. The molecule has 0 spiro atoms. The Morgan fingerprint density at radius 1 is 1.11 bits per heavy atom. The highest BCUT2D eigenvalue weighted by Crippen LogP contribution is 2.29. The van der Waals surface area contributed by atoms with Gasteiger partial charge in [-0.15, -0.1) is 0 Å². The molecule has 2 N–H and O–H groups in total. The normalized spacial score (nSPS) is 16.5. The van der Waals surface area contributed by atoms with Gasteiger partial charge in [0.05, 0.1) is 26.9 Å². The summed E-state index contributed by atoms with van der Waals surface area (Å²) < 4.78 is 12.9. The summed E-state index contributed by atoms with van der Waals surface area (Å²) in [7, 11) is 1.68. The van der Waals surface area contributed by atoms with E-state index in [0.717, 1.165) is 55.4 Å². The number of hydrogen-bond acceptors (Lipinski definition) is 3. The predicted octanol–water partition coefficient (Wildman–Crippen LogP) is 1.59. The topological polar surface area (TPSA) is 48.1 Å². The zero-order chi connectivity index (χ0) is 18.6. The van der Waals surface area contributed by atoms with Crippen LogP contribution in [0.4, 0.5) is 0 Å². The van der Waals surface area contributed by atoms with E-state index in [2.05, 4.69) is 47.0 Å². The van der Waals surface area contributed by atoms with E-state index in [9.17, 15) is 5.11 Å². The van der Waals surface area contributed by atoms with E-state index in [1.54, 1.807) is 7.11 Å². The lowest BCUT2D eigenvalue weighted by Crippen LogP contribution is -3.15. The van der Waals surface area contributed by atoms with Gasteiger partial charge in [-0.1, -0.05) is 18.2 Å². The Morgan fingerprint density at radius 2 is 1.85 bits per heavy atom. The number of fused-ring (bicyclic) bond motifs is 1. The summed E-state index contributed by atoms with van der Waals surface area (Å²) in [6.45, 7) is 4.83. The number of aliphatic hydroxyl groups is 1. The summed E-state index contributed by atoms with van der Waals surface area (Å²) in [5.74, 6) is 0.845. The molecule has 1 saturated heterocycles. The van der Waals surface area contributed by atoms with Crippen molar-refractivity contribution >= 4 is 10.9 Å². The number of nitrogens with one attached hydrogen (secondary N) is 1. The van der Waals surface area contributed by atoms with Gasteiger partial charge in [0.15, 0.2) is 0 Å². The molecule has 1 unspecified atom stereocenters. The molecule has 0 saturated carbocycles. The van der Waals surface area contributed by atoms with Crippen LogP contribution in [0.15, 0.2) is 54.6 Å². The second kappa shape index (κ2) is 8.13. The molecule has 2 aromatic carbocycles. The van der Waals surface area contributed by atoms with Gasteiger partial charge in [-0.25, -0.2) is 0 Å². The van der Waals surface area contributed by atoms with Crippen molar-refractivity contribution in [2.45, 2.75) is 12.6 Å². The lowest BCUT2D eigenvalue weighted by Gasteiger charge is -2.26. The first kappa shape index (κ1) is 18.0. The average molecular weight is 367 g/mol. The molecule has 1 aromatic heterocycles. The highest BCUT2D eigenvalue weighted by molar-refractivity contribution is 5.87. The molecule has 1 atom stereocenters. The van der Waals surface area contributed by atoms with Crippen molar-refractivity contribution < 1.29 is 19.5 Å². The fourth-order valence-electron chi connectivity index (χ4n) is 3.88. The van der Waals surface area contributed by atoms with E-state index < -0.39 is 6.10 Å². The van der Waals surface area contributed by atoms with Gasteiger partial charge in [-0.05, 0) is 42.0 Å². The highest BCUT2D eigenvalue weighted by Gasteiger charge is 2.20. The quantitative estimate of drug-likeness (QED) is 0.696. The molecular weight excluding hydrogens is 340 g/mol. The number of aromatic nitrogens is 1. The van der Waals surface area contributed by atoms with Gasteiger partial charge in [0.1, 0.15) is 31.5 Å². The number of benzene rings is 2. The number of para-hydroxylation sites is 1. The molecule has 27 heavy (non-hydrogen) atoms. The maximum Gasteiger partial charge on any atom is 0.121 e. The molecule has 1 fully saturated rings. The van der Waals surface area contributed by atoms with Gasteiger partial charge in [0.2, 0.25) is 0 Å². The summed E-state index contributed by atoms with van der Waals surface area (Å²) in [4.78, 5) is 1.41. The minimum atomic E-state index is -0.397. The van der Waals surface area contributed by atoms with Crippen molar-refractivity contribution in [2.75, 3.05) is 40.0 Å². The van der Waals surface area contributed by atoms with Crippen LogP contribution in [0.5, 0.6) is 5.75 Å². The van der Waals surface area contributed by atoms with Crippen LogP contribution in [0, 0.1) is 0 Å². The number of quaternary nitrogens is 1. The number of hydrogen-bond donors (Lipinski definition) is 2. The molecule has 3 aromatic rings. The molecule has 0 aliphatic carbocycles. The van der Waals surface area contributed by atoms with Crippen molar-refractivity contribution in [3.63, 3.8) is 0 Å². The second-order valence-corrected chi connectivity index (χ2v) is 7.15. The third-order valence-electron chi connectivity index (χ3n) is 5.31. The lowest BCUT2D eigenvalue weighted by atomic mass is 10.1. The highest BCUT2D eigenvalue weighted by atomic mass is 16.5. The summed E-state index contributed by atoms with van der Waals surface area (Å²) >= 11 is 0. The summed E-state index contributed by atoms with van der Waals surface area (Å²) in [5.41, 5.74) is 3.40. The van der Waals surface area contributed by atoms with Crippen LogP contribution < -0.4 is 9.64 Å². The Labute approximate surface area is 159 Å². The Hall–Kier alpha value is -2.34. The van der Waals surface area contributed by atoms with Crippen LogP contribution in [0.3, 0.4) is 0 Å². The van der Waals surface area contributed by atoms with Crippen molar-refractivity contribution in [1.29, 1.82) is 0 Å². The Balaban J connectivity index is 1.63. The molecule has 1 aliphatic rings. The predicted molar refractivity (Wildman–Crippen MR) is 106 cm³/mol. The Bertz CT molecular complexity index is 882. The molecule has 4 rings (SSSR count). The summed E-state index contributed by atoms with van der Waals surface area (Å²) in [5, 5.41) is 12.0. The minimum absolute atomic E-state index is 0.397. The van der Waals surface area contributed by atoms with E-state index in [1.807, 2.05) is 12.1 Å². The Morgan fingerprint density at radius 3 is 2.59 bits per heavy atom. The fourth-order valence-corrected chi connectivity index (χ4v) is 3.88. The van der Waals surface area contributed by atoms with Gasteiger partial charge >= 0.3 is 0 Å². The average Bonchev–Trinajstić information content (AvgIpc) is 3.07. The van der Waals surface area contributed by atoms with Crippen LogP contribution >= 0.6 is 0 Å². The number of rotatable bonds is 6. The van der Waals surface area contributed by atoms with Gasteiger partial charge in [0.25, 0.3) is 0 Å². The van der Waals surface area contributed by atoms with Crippen LogP contribution in [0.2, 0.25) is 0 Å². The number of ether oxygens (including phenoxy) is 2. The smallest absolute Gasteiger partial charge is 0.121 e. The summed E-state index contributed by atoms with van der Waals surface area (Å²) in [6, 6.07) is 18.7. The minimum Gasteiger partial charge on any atom is -0.497 e. The molecule has 142 valence electrons. The third kappa shape index (κ3) is 4.00. The van der Waals surface area contributed by atoms with E-state index in [4.69, 9.17) is 9.47 Å². The van der Waals surface area contributed by atoms with Crippen molar-refractivity contribution in [3.05, 3.63) is 54.6 Å². The maximum absolute atomic E-state index is 10.8. The molecule has 5 heteroatoms. The molecule has 5 nitrogen and oxygen atoms in total. The third-order valence-corrected chi connectivity index (χ3v) is 5.31. The zero-order valence-electron chi connectivity index (χ0n) is 15.7. The van der Waals surface area contributed by atoms with Gasteiger partial charge < -0.3 is 24.0 Å². The number of morpholine rings is 1. The number of nitrogens with zero attached hydrogens (tertiary/aromatic N) is 1. The molecule has 0 amide bonds. The van der Waals surface area contributed by atoms with Crippen molar-refractivity contribution in [2.24, 2.45) is 0 Å². The van der Waals surface area contributed by atoms with Crippen LogP contribution in [-0.4, -0.2) is 55.7 Å². The molecule has 0 bridgehead atoms. The van der Waals surface area contributed by atoms with Crippen LogP contribution in [0.1, 0.15) is 0 Å². The SMILES string of the molecule is COc1ccc(-c2cc3ccccc3n2CC(O)C[NH+]2CCOCC2)cc1. The first-order valence-electron chi connectivity index (χ1n) is 9.56. The number of methoxy groups -OCH3 is 1. The largest absolute Gasteiger partial charge is 0.497 e. The molecule has 1 aliphatic heterocycles. The second-order valence-electron chi connectivity index (χ2n) is 7.15. The van der Waals surface area contributed by atoms with E-state index >= 15 is 0 Å². The van der Waals surface area contributed by atoms with Crippen molar-refractivity contribution in [3.8, 4) is 17.0 Å². The van der Waals surface area contributed by atoms with E-state index in [1.165, 1.54) is 10.3 Å². The van der Waals surface area contributed by atoms with Gasteiger partial charge in [-0.2, -0.15) is 0 Å². The summed E-state index contributed by atoms with van der Waals surface area (Å²) in [6.07, 6.45) is -0.397. The maximum atomic E-state index is 10.8. The van der Waals surface area contributed by atoms with E-state index in [-0.39, 0.29) is 0 Å². The molecular formula is C22H27N2O3+. The van der Waals surface area contributed by atoms with Gasteiger partial charge in [0, 0.05) is 16.6 Å². The van der Waals surface area contributed by atoms with E-state index in [0.29, 0.717) is 6.54 Å². The van der Waals surface area contributed by atoms with Crippen molar-refractivity contribution in [1.82, 2.24) is 4.57 Å². The Kier molecular flexibility index (Phi) is 5.43. The molecule has 0 radical (unpaired) electrons. The van der Waals surface area contributed by atoms with Gasteiger partial charge in [-0.3, -0.25) is 0 Å². The monoisotopic (exact) mass is 367 g/mol.